The van der Waals surface area contributed by atoms with Gasteiger partial charge in [-0.1, -0.05) is 12.1 Å². The molecule has 3 rings (SSSR count). The third kappa shape index (κ3) is 2.12. The van der Waals surface area contributed by atoms with E-state index >= 15 is 0 Å². The van der Waals surface area contributed by atoms with Crippen molar-refractivity contribution in [3.05, 3.63) is 39.9 Å². The van der Waals surface area contributed by atoms with Gasteiger partial charge in [-0.3, -0.25) is 24.3 Å². The van der Waals surface area contributed by atoms with Gasteiger partial charge in [0.15, 0.2) is 0 Å². The molecule has 1 aliphatic rings. The zero-order valence-electron chi connectivity index (χ0n) is 11.8. The zero-order chi connectivity index (χ0) is 15.1. The summed E-state index contributed by atoms with van der Waals surface area (Å²) in [5.74, 6) is -0.259. The summed E-state index contributed by atoms with van der Waals surface area (Å²) < 4.78 is 1.40. The van der Waals surface area contributed by atoms with Gasteiger partial charge in [-0.15, -0.1) is 0 Å². The number of nitrogens with zero attached hydrogens (tertiary/aromatic N) is 2. The van der Waals surface area contributed by atoms with Gasteiger partial charge >= 0.3 is 0 Å². The molecule has 0 bridgehead atoms. The van der Waals surface area contributed by atoms with Crippen LogP contribution in [0.1, 0.15) is 30.3 Å². The van der Waals surface area contributed by atoms with Crippen molar-refractivity contribution in [2.24, 2.45) is 0 Å². The fourth-order valence-corrected chi connectivity index (χ4v) is 2.81. The number of hydrogen-bond donors (Lipinski definition) is 1. The summed E-state index contributed by atoms with van der Waals surface area (Å²) in [6.45, 7) is 3.54. The minimum atomic E-state index is -0.674. The number of carbonyl (C=O) groups excluding carboxylic acids is 2. The highest BCUT2D eigenvalue weighted by Crippen LogP contribution is 2.20. The summed E-state index contributed by atoms with van der Waals surface area (Å²) in [6.07, 6.45) is 0.554. The van der Waals surface area contributed by atoms with E-state index in [9.17, 15) is 14.4 Å². The molecule has 2 aromatic rings. The Morgan fingerprint density at radius 1 is 1.24 bits per heavy atom. The summed E-state index contributed by atoms with van der Waals surface area (Å²) in [7, 11) is 0. The largest absolute Gasteiger partial charge is 0.295 e. The lowest BCUT2D eigenvalue weighted by molar-refractivity contribution is -0.135. The second kappa shape index (κ2) is 4.80. The van der Waals surface area contributed by atoms with Gasteiger partial charge in [-0.05, 0) is 31.9 Å². The van der Waals surface area contributed by atoms with E-state index in [1.165, 1.54) is 4.57 Å². The molecular weight excluding hydrogens is 270 g/mol. The molecule has 0 radical (unpaired) electrons. The lowest BCUT2D eigenvalue weighted by atomic mass is 10.0. The second-order valence-corrected chi connectivity index (χ2v) is 5.27. The summed E-state index contributed by atoms with van der Waals surface area (Å²) in [5.41, 5.74) is 1.22. The molecule has 1 N–H and O–H groups in total. The number of amides is 2. The van der Waals surface area contributed by atoms with E-state index in [1.54, 1.807) is 13.0 Å². The molecule has 1 aliphatic heterocycles. The van der Waals surface area contributed by atoms with Crippen LogP contribution in [0.2, 0.25) is 0 Å². The first-order chi connectivity index (χ1) is 9.99. The van der Waals surface area contributed by atoms with Crippen molar-refractivity contribution in [3.63, 3.8) is 0 Å². The van der Waals surface area contributed by atoms with Gasteiger partial charge in [0.05, 0.1) is 10.9 Å². The number of nitrogens with one attached hydrogen (secondary N) is 1. The van der Waals surface area contributed by atoms with Crippen LogP contribution in [0.25, 0.3) is 10.9 Å². The number of fused-ring (bicyclic) bond motifs is 1. The van der Waals surface area contributed by atoms with Crippen LogP contribution in [-0.2, 0) is 9.59 Å². The molecule has 1 saturated heterocycles. The molecule has 2 heterocycles. The van der Waals surface area contributed by atoms with Crippen molar-refractivity contribution < 1.29 is 9.59 Å². The first-order valence-corrected chi connectivity index (χ1v) is 6.81. The summed E-state index contributed by atoms with van der Waals surface area (Å²) >= 11 is 0. The van der Waals surface area contributed by atoms with Crippen LogP contribution >= 0.6 is 0 Å². The van der Waals surface area contributed by atoms with Crippen molar-refractivity contribution in [3.8, 4) is 0 Å². The average molecular weight is 285 g/mol. The number of aryl methyl sites for hydroxylation is 2. The number of piperidine rings is 1. The van der Waals surface area contributed by atoms with Gasteiger partial charge in [0, 0.05) is 6.42 Å². The van der Waals surface area contributed by atoms with Crippen LogP contribution in [0, 0.1) is 13.8 Å². The molecule has 0 aliphatic carbocycles. The summed E-state index contributed by atoms with van der Waals surface area (Å²) in [5, 5.41) is 2.80. The van der Waals surface area contributed by atoms with Crippen LogP contribution in [0.4, 0.5) is 0 Å². The SMILES string of the molecule is Cc1cccc2nc(C)n([C@H]3CCC(=O)NC3=O)c(=O)c12. The monoisotopic (exact) mass is 285 g/mol. The molecule has 1 aromatic carbocycles. The van der Waals surface area contributed by atoms with Gasteiger partial charge in [0.25, 0.3) is 5.56 Å². The molecule has 0 saturated carbocycles. The minimum absolute atomic E-state index is 0.230. The number of benzene rings is 1. The second-order valence-electron chi connectivity index (χ2n) is 5.27. The molecule has 0 spiro atoms. The third-order valence-electron chi connectivity index (χ3n) is 3.84. The van der Waals surface area contributed by atoms with Crippen molar-refractivity contribution in [1.82, 2.24) is 14.9 Å². The quantitative estimate of drug-likeness (QED) is 0.792. The van der Waals surface area contributed by atoms with Crippen LogP contribution in [0.5, 0.6) is 0 Å². The maximum Gasteiger partial charge on any atom is 0.262 e. The van der Waals surface area contributed by atoms with E-state index < -0.39 is 11.9 Å². The third-order valence-corrected chi connectivity index (χ3v) is 3.84. The molecular formula is C15H15N3O3. The first-order valence-electron chi connectivity index (χ1n) is 6.81. The first kappa shape index (κ1) is 13.5. The number of aromatic nitrogens is 2. The van der Waals surface area contributed by atoms with Crippen molar-refractivity contribution in [1.29, 1.82) is 0 Å². The highest BCUT2D eigenvalue weighted by atomic mass is 16.2. The van der Waals surface area contributed by atoms with E-state index in [-0.39, 0.29) is 17.9 Å². The van der Waals surface area contributed by atoms with Crippen LogP contribution in [0.15, 0.2) is 23.0 Å². The van der Waals surface area contributed by atoms with Crippen molar-refractivity contribution >= 4 is 22.7 Å². The smallest absolute Gasteiger partial charge is 0.262 e. The van der Waals surface area contributed by atoms with E-state index in [0.29, 0.717) is 23.1 Å². The predicted molar refractivity (Wildman–Crippen MR) is 76.9 cm³/mol. The molecule has 6 heteroatoms. The van der Waals surface area contributed by atoms with Gasteiger partial charge in [0.1, 0.15) is 11.9 Å². The Hall–Kier alpha value is -2.50. The molecule has 1 fully saturated rings. The van der Waals surface area contributed by atoms with E-state index in [4.69, 9.17) is 0 Å². The Kier molecular flexibility index (Phi) is 3.08. The molecule has 6 nitrogen and oxygen atoms in total. The molecule has 0 unspecified atom stereocenters. The standard InChI is InChI=1S/C15H15N3O3/c1-8-4-3-5-10-13(8)15(21)18(9(2)16-10)11-6-7-12(19)17-14(11)20/h3-5,11H,6-7H2,1-2H3,(H,17,19,20)/t11-/m0/s1. The lowest BCUT2D eigenvalue weighted by Gasteiger charge is -2.24. The van der Waals surface area contributed by atoms with E-state index in [2.05, 4.69) is 10.3 Å². The Morgan fingerprint density at radius 3 is 2.71 bits per heavy atom. The number of imide groups is 1. The van der Waals surface area contributed by atoms with Gasteiger partial charge in [-0.25, -0.2) is 4.98 Å². The fourth-order valence-electron chi connectivity index (χ4n) is 2.81. The fraction of sp³-hybridized carbons (Fsp3) is 0.333. The Morgan fingerprint density at radius 2 is 2.00 bits per heavy atom. The van der Waals surface area contributed by atoms with Crippen LogP contribution in [0.3, 0.4) is 0 Å². The highest BCUT2D eigenvalue weighted by molar-refractivity contribution is 5.99. The van der Waals surface area contributed by atoms with E-state index in [0.717, 1.165) is 5.56 Å². The highest BCUT2D eigenvalue weighted by Gasteiger charge is 2.30. The molecule has 21 heavy (non-hydrogen) atoms. The average Bonchev–Trinajstić information content (AvgIpc) is 2.40. The zero-order valence-corrected chi connectivity index (χ0v) is 11.8. The number of hydrogen-bond acceptors (Lipinski definition) is 4. The summed E-state index contributed by atoms with van der Waals surface area (Å²) in [4.78, 5) is 40.4. The maximum atomic E-state index is 12.8. The minimum Gasteiger partial charge on any atom is -0.295 e. The van der Waals surface area contributed by atoms with Crippen molar-refractivity contribution in [2.45, 2.75) is 32.7 Å². The lowest BCUT2D eigenvalue weighted by Crippen LogP contribution is -2.45. The Balaban J connectivity index is 2.24. The Labute approximate surface area is 120 Å². The molecule has 2 amide bonds. The van der Waals surface area contributed by atoms with Crippen LogP contribution in [-0.4, -0.2) is 21.4 Å². The molecule has 108 valence electrons. The van der Waals surface area contributed by atoms with Gasteiger partial charge < -0.3 is 0 Å². The van der Waals surface area contributed by atoms with Gasteiger partial charge in [0.2, 0.25) is 11.8 Å². The topological polar surface area (TPSA) is 81.1 Å². The predicted octanol–water partition coefficient (Wildman–Crippen LogP) is 0.991. The molecule has 1 aromatic heterocycles. The van der Waals surface area contributed by atoms with Gasteiger partial charge in [-0.2, -0.15) is 0 Å². The van der Waals surface area contributed by atoms with E-state index in [1.807, 2.05) is 19.1 Å². The van der Waals surface area contributed by atoms with Crippen molar-refractivity contribution in [2.75, 3.05) is 0 Å². The maximum absolute atomic E-state index is 12.8. The number of carbonyl (C=O) groups is 2. The normalized spacial score (nSPS) is 18.9. The summed E-state index contributed by atoms with van der Waals surface area (Å²) in [6, 6.07) is 4.80. The molecule has 1 atom stereocenters. The number of rotatable bonds is 1. The Bertz CT molecular complexity index is 823. The van der Waals surface area contributed by atoms with Crippen LogP contribution < -0.4 is 10.9 Å².